The number of carboxylic acids is 1. The number of rotatable bonds is 4. The van der Waals surface area contributed by atoms with E-state index in [4.69, 9.17) is 9.84 Å². The van der Waals surface area contributed by atoms with Gasteiger partial charge in [0.05, 0.1) is 0 Å². The maximum atomic E-state index is 10.3. The number of aryl methyl sites for hydroxylation is 1. The molecule has 0 spiro atoms. The molecular formula is C10H10N4O3. The predicted octanol–water partition coefficient (Wildman–Crippen LogP) is 0.340. The van der Waals surface area contributed by atoms with Crippen LogP contribution in [0.25, 0.3) is 11.4 Å². The van der Waals surface area contributed by atoms with E-state index in [1.165, 1.54) is 4.68 Å². The van der Waals surface area contributed by atoms with Crippen LogP contribution >= 0.6 is 0 Å². The second-order valence-corrected chi connectivity index (χ2v) is 3.27. The molecule has 0 aliphatic rings. The molecule has 1 N–H and O–H groups in total. The number of pyridine rings is 1. The van der Waals surface area contributed by atoms with Gasteiger partial charge in [0.2, 0.25) is 0 Å². The van der Waals surface area contributed by atoms with E-state index in [2.05, 4.69) is 15.1 Å². The van der Waals surface area contributed by atoms with E-state index in [0.717, 1.165) is 5.56 Å². The average Bonchev–Trinajstić information content (AvgIpc) is 2.69. The fraction of sp³-hybridized carbons (Fsp3) is 0.200. The Kier molecular flexibility index (Phi) is 2.99. The fourth-order valence-electron chi connectivity index (χ4n) is 1.29. The molecular weight excluding hydrogens is 224 g/mol. The van der Waals surface area contributed by atoms with Gasteiger partial charge in [0, 0.05) is 25.0 Å². The quantitative estimate of drug-likeness (QED) is 0.820. The van der Waals surface area contributed by atoms with Crippen LogP contribution in [0.15, 0.2) is 24.5 Å². The highest BCUT2D eigenvalue weighted by atomic mass is 16.5. The number of hydrogen-bond donors (Lipinski definition) is 1. The van der Waals surface area contributed by atoms with E-state index < -0.39 is 12.6 Å². The van der Waals surface area contributed by atoms with Crippen LogP contribution in [0, 0.1) is 0 Å². The zero-order valence-corrected chi connectivity index (χ0v) is 9.07. The van der Waals surface area contributed by atoms with Crippen molar-refractivity contribution < 1.29 is 14.6 Å². The van der Waals surface area contributed by atoms with Gasteiger partial charge in [-0.25, -0.2) is 9.48 Å². The summed E-state index contributed by atoms with van der Waals surface area (Å²) in [6, 6.07) is 3.65. The second kappa shape index (κ2) is 4.60. The zero-order chi connectivity index (χ0) is 12.3. The van der Waals surface area contributed by atoms with Gasteiger partial charge in [-0.3, -0.25) is 4.98 Å². The number of aromatic nitrogens is 4. The molecule has 0 amide bonds. The van der Waals surface area contributed by atoms with Gasteiger partial charge >= 0.3 is 12.0 Å². The minimum absolute atomic E-state index is 0.0359. The van der Waals surface area contributed by atoms with Gasteiger partial charge in [-0.05, 0) is 12.1 Å². The van der Waals surface area contributed by atoms with Gasteiger partial charge in [0.25, 0.3) is 0 Å². The first kappa shape index (κ1) is 11.1. The van der Waals surface area contributed by atoms with E-state index in [0.29, 0.717) is 5.82 Å². The van der Waals surface area contributed by atoms with Crippen molar-refractivity contribution >= 4 is 5.97 Å². The lowest BCUT2D eigenvalue weighted by molar-refractivity contribution is -0.139. The smallest absolute Gasteiger partial charge is 0.341 e. The molecule has 0 saturated carbocycles. The van der Waals surface area contributed by atoms with Gasteiger partial charge in [0.15, 0.2) is 12.4 Å². The number of carboxylic acid groups (broad SMARTS) is 1. The monoisotopic (exact) mass is 234 g/mol. The van der Waals surface area contributed by atoms with Crippen molar-refractivity contribution in [2.45, 2.75) is 0 Å². The molecule has 2 aromatic heterocycles. The molecule has 7 nitrogen and oxygen atoms in total. The van der Waals surface area contributed by atoms with Crippen LogP contribution in [0.4, 0.5) is 0 Å². The summed E-state index contributed by atoms with van der Waals surface area (Å²) < 4.78 is 6.40. The molecule has 2 aromatic rings. The molecule has 2 rings (SSSR count). The number of hydrogen-bond acceptors (Lipinski definition) is 5. The Labute approximate surface area is 96.7 Å². The van der Waals surface area contributed by atoms with Crippen LogP contribution in [0.2, 0.25) is 0 Å². The standard InChI is InChI=1S/C10H10N4O3/c1-14-9(7-3-2-4-11-5-7)12-10(13-14)17-6-8(15)16/h2-5H,6H2,1H3,(H,15,16). The minimum atomic E-state index is -1.07. The molecule has 0 bridgehead atoms. The third-order valence-electron chi connectivity index (χ3n) is 1.99. The molecule has 0 aromatic carbocycles. The maximum Gasteiger partial charge on any atom is 0.341 e. The van der Waals surface area contributed by atoms with E-state index in [-0.39, 0.29) is 6.01 Å². The largest absolute Gasteiger partial charge is 0.479 e. The van der Waals surface area contributed by atoms with E-state index in [1.807, 2.05) is 6.07 Å². The predicted molar refractivity (Wildman–Crippen MR) is 57.4 cm³/mol. The normalized spacial score (nSPS) is 10.2. The molecule has 0 fully saturated rings. The summed E-state index contributed by atoms with van der Waals surface area (Å²) in [5.74, 6) is -0.501. The summed E-state index contributed by atoms with van der Waals surface area (Å²) in [5, 5.41) is 12.4. The topological polar surface area (TPSA) is 90.1 Å². The zero-order valence-electron chi connectivity index (χ0n) is 9.07. The van der Waals surface area contributed by atoms with Crippen LogP contribution in [0.3, 0.4) is 0 Å². The number of ether oxygens (including phenoxy) is 1. The Morgan fingerprint density at radius 1 is 1.59 bits per heavy atom. The lowest BCUT2D eigenvalue weighted by Gasteiger charge is -1.96. The first-order valence-corrected chi connectivity index (χ1v) is 4.83. The number of aliphatic carboxylic acids is 1. The van der Waals surface area contributed by atoms with Crippen molar-refractivity contribution in [2.75, 3.05) is 6.61 Å². The van der Waals surface area contributed by atoms with Crippen LogP contribution in [0.5, 0.6) is 6.01 Å². The second-order valence-electron chi connectivity index (χ2n) is 3.27. The number of nitrogens with zero attached hydrogens (tertiary/aromatic N) is 4. The van der Waals surface area contributed by atoms with E-state index >= 15 is 0 Å². The fourth-order valence-corrected chi connectivity index (χ4v) is 1.29. The van der Waals surface area contributed by atoms with Crippen molar-refractivity contribution in [3.05, 3.63) is 24.5 Å². The lowest BCUT2D eigenvalue weighted by atomic mass is 10.3. The van der Waals surface area contributed by atoms with Crippen LogP contribution in [-0.2, 0) is 11.8 Å². The molecule has 88 valence electrons. The molecule has 2 heterocycles. The summed E-state index contributed by atoms with van der Waals surface area (Å²) in [5.41, 5.74) is 0.785. The van der Waals surface area contributed by atoms with Crippen molar-refractivity contribution in [1.82, 2.24) is 19.7 Å². The maximum absolute atomic E-state index is 10.3. The average molecular weight is 234 g/mol. The van der Waals surface area contributed by atoms with Crippen molar-refractivity contribution in [1.29, 1.82) is 0 Å². The van der Waals surface area contributed by atoms with Gasteiger partial charge in [-0.15, -0.1) is 5.10 Å². The lowest BCUT2D eigenvalue weighted by Crippen LogP contribution is -2.10. The Morgan fingerprint density at radius 3 is 3.06 bits per heavy atom. The molecule has 0 radical (unpaired) electrons. The highest BCUT2D eigenvalue weighted by molar-refractivity contribution is 5.68. The van der Waals surface area contributed by atoms with Gasteiger partial charge in [0.1, 0.15) is 0 Å². The van der Waals surface area contributed by atoms with Gasteiger partial charge in [-0.1, -0.05) is 0 Å². The van der Waals surface area contributed by atoms with Gasteiger partial charge < -0.3 is 9.84 Å². The molecule has 0 atom stereocenters. The highest BCUT2D eigenvalue weighted by Gasteiger charge is 2.11. The van der Waals surface area contributed by atoms with Crippen LogP contribution < -0.4 is 4.74 Å². The molecule has 17 heavy (non-hydrogen) atoms. The summed E-state index contributed by atoms with van der Waals surface area (Å²) >= 11 is 0. The molecule has 0 aliphatic carbocycles. The summed E-state index contributed by atoms with van der Waals surface area (Å²) in [6.45, 7) is -0.462. The molecule has 0 saturated heterocycles. The summed E-state index contributed by atoms with van der Waals surface area (Å²) in [7, 11) is 1.70. The molecule has 7 heteroatoms. The SMILES string of the molecule is Cn1nc(OCC(=O)O)nc1-c1cccnc1. The van der Waals surface area contributed by atoms with Crippen molar-refractivity contribution in [3.8, 4) is 17.4 Å². The third-order valence-corrected chi connectivity index (χ3v) is 1.99. The van der Waals surface area contributed by atoms with E-state index in [9.17, 15) is 4.79 Å². The van der Waals surface area contributed by atoms with Gasteiger partial charge in [-0.2, -0.15) is 4.98 Å². The summed E-state index contributed by atoms with van der Waals surface area (Å²) in [4.78, 5) is 18.4. The minimum Gasteiger partial charge on any atom is -0.479 e. The number of carbonyl (C=O) groups is 1. The third kappa shape index (κ3) is 2.57. The first-order chi connectivity index (χ1) is 8.16. The highest BCUT2D eigenvalue weighted by Crippen LogP contribution is 2.17. The first-order valence-electron chi connectivity index (χ1n) is 4.83. The Balaban J connectivity index is 2.22. The molecule has 0 aliphatic heterocycles. The van der Waals surface area contributed by atoms with Crippen LogP contribution in [-0.4, -0.2) is 37.4 Å². The Morgan fingerprint density at radius 2 is 2.41 bits per heavy atom. The summed E-state index contributed by atoms with van der Waals surface area (Å²) in [6.07, 6.45) is 3.30. The van der Waals surface area contributed by atoms with E-state index in [1.54, 1.807) is 25.5 Å². The Bertz CT molecular complexity index is 524. The Hall–Kier alpha value is -2.44. The molecule has 0 unspecified atom stereocenters. The van der Waals surface area contributed by atoms with Crippen LogP contribution in [0.1, 0.15) is 0 Å². The van der Waals surface area contributed by atoms with Crippen molar-refractivity contribution in [3.63, 3.8) is 0 Å². The van der Waals surface area contributed by atoms with Crippen molar-refractivity contribution in [2.24, 2.45) is 7.05 Å².